The molecule has 0 radical (unpaired) electrons. The van der Waals surface area contributed by atoms with Gasteiger partial charge in [0.05, 0.1) is 5.69 Å². The Hall–Kier alpha value is -0.0600. The van der Waals surface area contributed by atoms with E-state index in [9.17, 15) is 0 Å². The first-order valence-corrected chi connectivity index (χ1v) is 6.18. The van der Waals surface area contributed by atoms with Crippen LogP contribution >= 0.6 is 31.9 Å². The molecular formula is C10H14Br2N2. The van der Waals surface area contributed by atoms with E-state index in [1.165, 1.54) is 5.56 Å². The van der Waals surface area contributed by atoms with E-state index in [4.69, 9.17) is 5.73 Å². The van der Waals surface area contributed by atoms with E-state index in [-0.39, 0.29) is 0 Å². The Morgan fingerprint density at radius 2 is 1.86 bits per heavy atom. The average molecular weight is 322 g/mol. The van der Waals surface area contributed by atoms with Crippen molar-refractivity contribution in [3.63, 3.8) is 0 Å². The fraction of sp³-hybridized carbons (Fsp3) is 0.400. The molecule has 78 valence electrons. The van der Waals surface area contributed by atoms with Crippen molar-refractivity contribution < 1.29 is 0 Å². The van der Waals surface area contributed by atoms with Crippen LogP contribution in [0.4, 0.5) is 5.69 Å². The van der Waals surface area contributed by atoms with Gasteiger partial charge < -0.3 is 11.1 Å². The molecule has 0 atom stereocenters. The summed E-state index contributed by atoms with van der Waals surface area (Å²) in [6.45, 7) is 4.12. The summed E-state index contributed by atoms with van der Waals surface area (Å²) in [6, 6.07) is 4.13. The molecule has 14 heavy (non-hydrogen) atoms. The predicted molar refractivity (Wildman–Crippen MR) is 68.5 cm³/mol. The normalized spacial score (nSPS) is 10.5. The first kappa shape index (κ1) is 12.0. The minimum atomic E-state index is 0.761. The summed E-state index contributed by atoms with van der Waals surface area (Å²) in [5, 5.41) is 3.29. The summed E-state index contributed by atoms with van der Waals surface area (Å²) >= 11 is 6.86. The van der Waals surface area contributed by atoms with Crippen molar-refractivity contribution in [1.82, 2.24) is 5.32 Å². The lowest BCUT2D eigenvalue weighted by Gasteiger charge is -2.07. The molecule has 1 aromatic carbocycles. The van der Waals surface area contributed by atoms with Crippen molar-refractivity contribution in [2.45, 2.75) is 13.3 Å². The van der Waals surface area contributed by atoms with Crippen LogP contribution in [0.15, 0.2) is 21.1 Å². The van der Waals surface area contributed by atoms with E-state index < -0.39 is 0 Å². The quantitative estimate of drug-likeness (QED) is 0.661. The van der Waals surface area contributed by atoms with Gasteiger partial charge in [0.2, 0.25) is 0 Å². The van der Waals surface area contributed by atoms with E-state index in [1.54, 1.807) is 0 Å². The number of likely N-dealkylation sites (N-methyl/N-ethyl adjacent to an activating group) is 1. The molecule has 0 saturated heterocycles. The molecule has 0 heterocycles. The molecule has 0 fully saturated rings. The number of rotatable bonds is 4. The summed E-state index contributed by atoms with van der Waals surface area (Å²) in [5.74, 6) is 0. The lowest BCUT2D eigenvalue weighted by Crippen LogP contribution is -2.16. The van der Waals surface area contributed by atoms with Crippen LogP contribution in [0.1, 0.15) is 12.5 Å². The van der Waals surface area contributed by atoms with Crippen LogP contribution in [0.25, 0.3) is 0 Å². The van der Waals surface area contributed by atoms with Crippen molar-refractivity contribution in [1.29, 1.82) is 0 Å². The number of nitrogens with two attached hydrogens (primary N) is 1. The van der Waals surface area contributed by atoms with Crippen molar-refractivity contribution in [2.75, 3.05) is 18.8 Å². The molecule has 0 amide bonds. The van der Waals surface area contributed by atoms with E-state index in [1.807, 2.05) is 0 Å². The minimum Gasteiger partial charge on any atom is -0.397 e. The third kappa shape index (κ3) is 3.26. The summed E-state index contributed by atoms with van der Waals surface area (Å²) < 4.78 is 1.91. The highest BCUT2D eigenvalue weighted by Crippen LogP contribution is 2.29. The number of hydrogen-bond acceptors (Lipinski definition) is 2. The maximum Gasteiger partial charge on any atom is 0.0603 e. The predicted octanol–water partition coefficient (Wildman–Crippen LogP) is 2.95. The molecule has 0 aliphatic rings. The molecule has 0 spiro atoms. The van der Waals surface area contributed by atoms with Crippen molar-refractivity contribution in [2.24, 2.45) is 0 Å². The molecule has 1 rings (SSSR count). The molecule has 3 N–H and O–H groups in total. The largest absolute Gasteiger partial charge is 0.397 e. The molecule has 0 aromatic heterocycles. The fourth-order valence-corrected chi connectivity index (χ4v) is 2.47. The smallest absolute Gasteiger partial charge is 0.0603 e. The number of anilines is 1. The first-order valence-electron chi connectivity index (χ1n) is 4.59. The van der Waals surface area contributed by atoms with Crippen LogP contribution < -0.4 is 11.1 Å². The molecule has 0 unspecified atom stereocenters. The summed E-state index contributed by atoms with van der Waals surface area (Å²) in [7, 11) is 0. The van der Waals surface area contributed by atoms with Gasteiger partial charge in [-0.05, 0) is 69.1 Å². The highest BCUT2D eigenvalue weighted by atomic mass is 79.9. The number of hydrogen-bond donors (Lipinski definition) is 2. The summed E-state index contributed by atoms with van der Waals surface area (Å²) in [6.07, 6.45) is 1.02. The second kappa shape index (κ2) is 5.73. The van der Waals surface area contributed by atoms with Crippen LogP contribution in [0.2, 0.25) is 0 Å². The zero-order valence-electron chi connectivity index (χ0n) is 8.11. The molecule has 1 aromatic rings. The molecule has 2 nitrogen and oxygen atoms in total. The van der Waals surface area contributed by atoms with Gasteiger partial charge in [-0.25, -0.2) is 0 Å². The molecule has 0 saturated carbocycles. The molecule has 4 heteroatoms. The maximum absolute atomic E-state index is 5.80. The van der Waals surface area contributed by atoms with Gasteiger partial charge in [0.15, 0.2) is 0 Å². The third-order valence-electron chi connectivity index (χ3n) is 1.98. The van der Waals surface area contributed by atoms with Gasteiger partial charge >= 0.3 is 0 Å². The Bertz CT molecular complexity index is 290. The molecule has 0 aliphatic carbocycles. The van der Waals surface area contributed by atoms with E-state index in [2.05, 4.69) is 56.2 Å². The van der Waals surface area contributed by atoms with Crippen LogP contribution in [0.5, 0.6) is 0 Å². The van der Waals surface area contributed by atoms with Gasteiger partial charge in [-0.1, -0.05) is 6.92 Å². The first-order chi connectivity index (χ1) is 6.65. The molecule has 0 bridgehead atoms. The average Bonchev–Trinajstić information content (AvgIpc) is 2.14. The van der Waals surface area contributed by atoms with Crippen LogP contribution in [0, 0.1) is 0 Å². The second-order valence-corrected chi connectivity index (χ2v) is 4.79. The number of nitrogen functional groups attached to an aromatic ring is 1. The third-order valence-corrected chi connectivity index (χ3v) is 3.29. The highest BCUT2D eigenvalue weighted by Gasteiger charge is 2.03. The van der Waals surface area contributed by atoms with Crippen molar-refractivity contribution in [3.8, 4) is 0 Å². The fourth-order valence-electron chi connectivity index (χ4n) is 1.19. The Labute approximate surface area is 102 Å². The standard InChI is InChI=1S/C10H14Br2N2/c1-2-14-4-3-7-5-8(11)10(13)9(12)6-7/h5-6,14H,2-4,13H2,1H3. The van der Waals surface area contributed by atoms with Crippen LogP contribution in [0.3, 0.4) is 0 Å². The molecular weight excluding hydrogens is 308 g/mol. The monoisotopic (exact) mass is 320 g/mol. The van der Waals surface area contributed by atoms with Gasteiger partial charge in [-0.15, -0.1) is 0 Å². The van der Waals surface area contributed by atoms with E-state index >= 15 is 0 Å². The lowest BCUT2D eigenvalue weighted by atomic mass is 10.1. The van der Waals surface area contributed by atoms with Crippen molar-refractivity contribution in [3.05, 3.63) is 26.6 Å². The Kier molecular flexibility index (Phi) is 4.92. The number of halogens is 2. The molecule has 0 aliphatic heterocycles. The van der Waals surface area contributed by atoms with Crippen LogP contribution in [-0.4, -0.2) is 13.1 Å². The zero-order chi connectivity index (χ0) is 10.6. The van der Waals surface area contributed by atoms with Gasteiger partial charge in [-0.2, -0.15) is 0 Å². The van der Waals surface area contributed by atoms with Crippen LogP contribution in [-0.2, 0) is 6.42 Å². The van der Waals surface area contributed by atoms with E-state index in [0.29, 0.717) is 0 Å². The van der Waals surface area contributed by atoms with Gasteiger partial charge in [-0.3, -0.25) is 0 Å². The minimum absolute atomic E-state index is 0.761. The zero-order valence-corrected chi connectivity index (χ0v) is 11.3. The SMILES string of the molecule is CCNCCc1cc(Br)c(N)c(Br)c1. The van der Waals surface area contributed by atoms with Gasteiger partial charge in [0.1, 0.15) is 0 Å². The lowest BCUT2D eigenvalue weighted by molar-refractivity contribution is 0.716. The summed E-state index contributed by atoms with van der Waals surface area (Å²) in [4.78, 5) is 0. The highest BCUT2D eigenvalue weighted by molar-refractivity contribution is 9.11. The number of nitrogens with one attached hydrogen (secondary N) is 1. The Balaban J connectivity index is 2.69. The van der Waals surface area contributed by atoms with Gasteiger partial charge in [0.25, 0.3) is 0 Å². The Morgan fingerprint density at radius 1 is 1.29 bits per heavy atom. The topological polar surface area (TPSA) is 38.0 Å². The van der Waals surface area contributed by atoms with E-state index in [0.717, 1.165) is 34.1 Å². The Morgan fingerprint density at radius 3 is 2.36 bits per heavy atom. The maximum atomic E-state index is 5.80. The second-order valence-electron chi connectivity index (χ2n) is 3.08. The number of benzene rings is 1. The van der Waals surface area contributed by atoms with Gasteiger partial charge in [0, 0.05) is 8.95 Å². The summed E-state index contributed by atoms with van der Waals surface area (Å²) in [5.41, 5.74) is 7.83. The van der Waals surface area contributed by atoms with Crippen molar-refractivity contribution >= 4 is 37.5 Å².